The van der Waals surface area contributed by atoms with Crippen LogP contribution in [0.2, 0.25) is 0 Å². The Kier molecular flexibility index (Phi) is 8.56. The maximum absolute atomic E-state index is 5.66. The fourth-order valence-electron chi connectivity index (χ4n) is 2.08. The third kappa shape index (κ3) is 7.06. The molecule has 1 aromatic carbocycles. The predicted molar refractivity (Wildman–Crippen MR) is 87.4 cm³/mol. The van der Waals surface area contributed by atoms with E-state index in [4.69, 9.17) is 4.74 Å². The molecule has 0 saturated heterocycles. The zero-order valence-corrected chi connectivity index (χ0v) is 13.6. The van der Waals surface area contributed by atoms with Crippen LogP contribution in [0, 0.1) is 5.92 Å². The van der Waals surface area contributed by atoms with Crippen molar-refractivity contribution in [3.8, 4) is 0 Å². The first-order chi connectivity index (χ1) is 9.63. The van der Waals surface area contributed by atoms with Gasteiger partial charge in [0.05, 0.1) is 13.2 Å². The fraction of sp³-hybridized carbons (Fsp3) is 0.667. The van der Waals surface area contributed by atoms with Crippen LogP contribution in [0.15, 0.2) is 24.3 Å². The summed E-state index contributed by atoms with van der Waals surface area (Å²) in [7, 11) is 0. The van der Waals surface area contributed by atoms with Crippen LogP contribution in [-0.4, -0.2) is 26.3 Å². The molecule has 1 rings (SSSR count). The Morgan fingerprint density at radius 3 is 2.35 bits per heavy atom. The van der Waals surface area contributed by atoms with Crippen molar-refractivity contribution in [2.75, 3.05) is 26.3 Å². The van der Waals surface area contributed by atoms with E-state index < -0.39 is 0 Å². The highest BCUT2D eigenvalue weighted by Crippen LogP contribution is 2.18. The molecular weight excluding hydrogens is 246 g/mol. The summed E-state index contributed by atoms with van der Waals surface area (Å²) in [5.74, 6) is 1.37. The van der Waals surface area contributed by atoms with Crippen molar-refractivity contribution in [2.24, 2.45) is 5.92 Å². The lowest BCUT2D eigenvalue weighted by molar-refractivity contribution is 0.138. The van der Waals surface area contributed by atoms with E-state index in [1.165, 1.54) is 17.5 Å². The van der Waals surface area contributed by atoms with Crippen LogP contribution in [0.4, 0.5) is 0 Å². The number of rotatable bonds is 10. The summed E-state index contributed by atoms with van der Waals surface area (Å²) in [6.07, 6.45) is 2.21. The number of nitrogens with one attached hydrogen (secondary N) is 1. The third-order valence-electron chi connectivity index (χ3n) is 3.67. The largest absolute Gasteiger partial charge is 0.380 e. The highest BCUT2D eigenvalue weighted by molar-refractivity contribution is 5.25. The van der Waals surface area contributed by atoms with Crippen molar-refractivity contribution in [3.63, 3.8) is 0 Å². The van der Waals surface area contributed by atoms with Crippen molar-refractivity contribution in [3.05, 3.63) is 35.4 Å². The van der Waals surface area contributed by atoms with Crippen LogP contribution in [0.5, 0.6) is 0 Å². The number of hydrogen-bond acceptors (Lipinski definition) is 2. The molecule has 0 aromatic heterocycles. The van der Waals surface area contributed by atoms with Crippen molar-refractivity contribution < 1.29 is 4.74 Å². The molecule has 0 aliphatic carbocycles. The van der Waals surface area contributed by atoms with Crippen molar-refractivity contribution in [1.29, 1.82) is 0 Å². The van der Waals surface area contributed by atoms with Gasteiger partial charge < -0.3 is 10.1 Å². The first kappa shape index (κ1) is 17.2. The van der Waals surface area contributed by atoms with E-state index in [-0.39, 0.29) is 0 Å². The zero-order valence-electron chi connectivity index (χ0n) is 13.6. The molecule has 1 atom stereocenters. The molecule has 0 aliphatic rings. The number of benzene rings is 1. The molecule has 1 unspecified atom stereocenters. The summed E-state index contributed by atoms with van der Waals surface area (Å²) in [4.78, 5) is 0. The Morgan fingerprint density at radius 2 is 1.75 bits per heavy atom. The van der Waals surface area contributed by atoms with Gasteiger partial charge in [-0.15, -0.1) is 0 Å². The SMILES string of the molecule is CCC(C)c1ccc(CCOCCNCC(C)C)cc1. The Morgan fingerprint density at radius 1 is 1.05 bits per heavy atom. The molecule has 114 valence electrons. The molecule has 0 heterocycles. The average molecular weight is 277 g/mol. The van der Waals surface area contributed by atoms with E-state index in [2.05, 4.69) is 57.3 Å². The Hall–Kier alpha value is -0.860. The standard InChI is InChI=1S/C18H31NO/c1-5-16(4)18-8-6-17(7-9-18)10-12-20-13-11-19-14-15(2)3/h6-9,15-16,19H,5,10-14H2,1-4H3. The van der Waals surface area contributed by atoms with Crippen LogP contribution in [0.1, 0.15) is 51.2 Å². The molecule has 0 bridgehead atoms. The van der Waals surface area contributed by atoms with Gasteiger partial charge in [0.2, 0.25) is 0 Å². The summed E-state index contributed by atoms with van der Waals surface area (Å²) < 4.78 is 5.66. The lowest BCUT2D eigenvalue weighted by Crippen LogP contribution is -2.24. The molecule has 0 spiro atoms. The summed E-state index contributed by atoms with van der Waals surface area (Å²) in [5, 5.41) is 3.38. The van der Waals surface area contributed by atoms with E-state index >= 15 is 0 Å². The second-order valence-electron chi connectivity index (χ2n) is 6.01. The number of hydrogen-bond donors (Lipinski definition) is 1. The fourth-order valence-corrected chi connectivity index (χ4v) is 2.08. The van der Waals surface area contributed by atoms with E-state index in [0.29, 0.717) is 11.8 Å². The van der Waals surface area contributed by atoms with E-state index in [9.17, 15) is 0 Å². The monoisotopic (exact) mass is 277 g/mol. The summed E-state index contributed by atoms with van der Waals surface area (Å²) in [6.45, 7) is 12.6. The van der Waals surface area contributed by atoms with Gasteiger partial charge in [-0.05, 0) is 42.3 Å². The third-order valence-corrected chi connectivity index (χ3v) is 3.67. The van der Waals surface area contributed by atoms with Gasteiger partial charge in [0.1, 0.15) is 0 Å². The van der Waals surface area contributed by atoms with Gasteiger partial charge in [-0.2, -0.15) is 0 Å². The van der Waals surface area contributed by atoms with E-state index in [1.54, 1.807) is 0 Å². The first-order valence-corrected chi connectivity index (χ1v) is 8.00. The van der Waals surface area contributed by atoms with Gasteiger partial charge in [-0.1, -0.05) is 52.0 Å². The van der Waals surface area contributed by atoms with Crippen LogP contribution in [0.25, 0.3) is 0 Å². The minimum atomic E-state index is 0.660. The molecule has 2 heteroatoms. The van der Waals surface area contributed by atoms with Crippen LogP contribution < -0.4 is 5.32 Å². The minimum absolute atomic E-state index is 0.660. The van der Waals surface area contributed by atoms with Crippen molar-refractivity contribution in [2.45, 2.75) is 46.5 Å². The van der Waals surface area contributed by atoms with Gasteiger partial charge >= 0.3 is 0 Å². The topological polar surface area (TPSA) is 21.3 Å². The van der Waals surface area contributed by atoms with Gasteiger partial charge in [0.15, 0.2) is 0 Å². The van der Waals surface area contributed by atoms with Crippen LogP contribution >= 0.6 is 0 Å². The molecule has 20 heavy (non-hydrogen) atoms. The molecule has 0 amide bonds. The van der Waals surface area contributed by atoms with Crippen LogP contribution in [-0.2, 0) is 11.2 Å². The maximum Gasteiger partial charge on any atom is 0.0591 e. The van der Waals surface area contributed by atoms with Gasteiger partial charge in [-0.3, -0.25) is 0 Å². The smallest absolute Gasteiger partial charge is 0.0591 e. The minimum Gasteiger partial charge on any atom is -0.380 e. The maximum atomic E-state index is 5.66. The molecule has 1 aromatic rings. The summed E-state index contributed by atoms with van der Waals surface area (Å²) in [6, 6.07) is 8.99. The van der Waals surface area contributed by atoms with Gasteiger partial charge in [0.25, 0.3) is 0 Å². The molecule has 0 fully saturated rings. The van der Waals surface area contributed by atoms with Gasteiger partial charge in [0, 0.05) is 6.54 Å². The molecular formula is C18H31NO. The second kappa shape index (κ2) is 9.95. The number of ether oxygens (including phenoxy) is 1. The molecule has 2 nitrogen and oxygen atoms in total. The molecule has 0 aliphatic heterocycles. The first-order valence-electron chi connectivity index (χ1n) is 8.00. The summed E-state index contributed by atoms with van der Waals surface area (Å²) in [5.41, 5.74) is 2.81. The average Bonchev–Trinajstić information content (AvgIpc) is 2.45. The molecule has 0 radical (unpaired) electrons. The zero-order chi connectivity index (χ0) is 14.8. The lowest BCUT2D eigenvalue weighted by atomic mass is 9.97. The molecule has 1 N–H and O–H groups in total. The van der Waals surface area contributed by atoms with E-state index in [0.717, 1.165) is 32.7 Å². The second-order valence-corrected chi connectivity index (χ2v) is 6.01. The predicted octanol–water partition coefficient (Wildman–Crippen LogP) is 4.00. The van der Waals surface area contributed by atoms with Crippen molar-refractivity contribution in [1.82, 2.24) is 5.32 Å². The van der Waals surface area contributed by atoms with Crippen molar-refractivity contribution >= 4 is 0 Å². The Bertz CT molecular complexity index is 345. The summed E-state index contributed by atoms with van der Waals surface area (Å²) >= 11 is 0. The Balaban J connectivity index is 2.13. The highest BCUT2D eigenvalue weighted by Gasteiger charge is 2.02. The van der Waals surface area contributed by atoms with E-state index in [1.807, 2.05) is 0 Å². The van der Waals surface area contributed by atoms with Gasteiger partial charge in [-0.25, -0.2) is 0 Å². The highest BCUT2D eigenvalue weighted by atomic mass is 16.5. The normalized spacial score (nSPS) is 12.8. The lowest BCUT2D eigenvalue weighted by Gasteiger charge is -2.10. The molecule has 0 saturated carbocycles. The van der Waals surface area contributed by atoms with Crippen LogP contribution in [0.3, 0.4) is 0 Å². The Labute approximate surface area is 124 Å². The quantitative estimate of drug-likeness (QED) is 0.653.